The van der Waals surface area contributed by atoms with Crippen molar-refractivity contribution in [2.45, 2.75) is 52.0 Å². The van der Waals surface area contributed by atoms with Crippen molar-refractivity contribution in [3.05, 3.63) is 41.2 Å². The van der Waals surface area contributed by atoms with Crippen molar-refractivity contribution in [3.8, 4) is 6.07 Å². The summed E-state index contributed by atoms with van der Waals surface area (Å²) in [4.78, 5) is 12.9. The van der Waals surface area contributed by atoms with Crippen molar-refractivity contribution in [2.24, 2.45) is 5.92 Å². The first-order chi connectivity index (χ1) is 14.6. The number of aromatic nitrogens is 3. The van der Waals surface area contributed by atoms with Crippen LogP contribution in [0.3, 0.4) is 0 Å². The van der Waals surface area contributed by atoms with Crippen LogP contribution in [-0.2, 0) is 22.9 Å². The Morgan fingerprint density at radius 2 is 1.74 bits per heavy atom. The molecule has 2 unspecified atom stereocenters. The van der Waals surface area contributed by atoms with E-state index in [0.717, 1.165) is 17.4 Å². The molecule has 2 aromatic rings. The molecule has 0 aliphatic carbocycles. The second-order valence-electron chi connectivity index (χ2n) is 8.11. The molecule has 1 heterocycles. The van der Waals surface area contributed by atoms with Gasteiger partial charge in [0.05, 0.1) is 31.4 Å². The molecule has 0 bridgehead atoms. The number of aliphatic hydroxyl groups excluding tert-OH is 1. The molecule has 0 spiro atoms. The molecule has 0 radical (unpaired) electrons. The van der Waals surface area contributed by atoms with Crippen LogP contribution in [0.2, 0.25) is 0 Å². The fourth-order valence-corrected chi connectivity index (χ4v) is 3.59. The predicted octanol–water partition coefficient (Wildman–Crippen LogP) is 2.47. The zero-order chi connectivity index (χ0) is 23.0. The van der Waals surface area contributed by atoms with Gasteiger partial charge >= 0.3 is 0 Å². The first-order valence-corrected chi connectivity index (χ1v) is 12.0. The van der Waals surface area contributed by atoms with Gasteiger partial charge in [0.1, 0.15) is 5.82 Å². The van der Waals surface area contributed by atoms with Crippen LogP contribution in [0.25, 0.3) is 0 Å². The van der Waals surface area contributed by atoms with E-state index in [0.29, 0.717) is 31.0 Å². The highest BCUT2D eigenvalue weighted by molar-refractivity contribution is 7.91. The highest BCUT2D eigenvalue weighted by atomic mass is 32.2. The molecular formula is C21H30N6O3S. The highest BCUT2D eigenvalue weighted by Gasteiger charge is 2.17. The van der Waals surface area contributed by atoms with Crippen molar-refractivity contribution in [2.75, 3.05) is 22.9 Å². The van der Waals surface area contributed by atoms with E-state index in [1.54, 1.807) is 0 Å². The van der Waals surface area contributed by atoms with Gasteiger partial charge in [-0.2, -0.15) is 20.2 Å². The lowest BCUT2D eigenvalue weighted by Gasteiger charge is -2.19. The zero-order valence-electron chi connectivity index (χ0n) is 18.3. The summed E-state index contributed by atoms with van der Waals surface area (Å²) in [6.07, 6.45) is 2.56. The molecule has 2 atom stereocenters. The molecule has 9 nitrogen and oxygen atoms in total. The quantitative estimate of drug-likeness (QED) is 0.478. The molecular weight excluding hydrogens is 416 g/mol. The number of rotatable bonds is 11. The van der Waals surface area contributed by atoms with Crippen molar-refractivity contribution in [1.82, 2.24) is 15.0 Å². The SMILES string of the molecule is CC(C)CC(CO)Nc1nc(CC(C)c2ccc(CC#N)cc2)nc(NS(C)(=O)=O)n1. The van der Waals surface area contributed by atoms with Crippen LogP contribution in [0, 0.1) is 17.2 Å². The van der Waals surface area contributed by atoms with Crippen LogP contribution >= 0.6 is 0 Å². The normalized spacial score (nSPS) is 13.5. The van der Waals surface area contributed by atoms with Crippen molar-refractivity contribution >= 4 is 21.9 Å². The van der Waals surface area contributed by atoms with Crippen LogP contribution in [0.15, 0.2) is 24.3 Å². The number of aliphatic hydroxyl groups is 1. The van der Waals surface area contributed by atoms with Gasteiger partial charge in [0.15, 0.2) is 0 Å². The van der Waals surface area contributed by atoms with Gasteiger partial charge in [-0.15, -0.1) is 0 Å². The molecule has 31 heavy (non-hydrogen) atoms. The summed E-state index contributed by atoms with van der Waals surface area (Å²) in [5, 5.41) is 21.5. The molecule has 0 saturated heterocycles. The number of benzene rings is 1. The molecule has 0 aliphatic rings. The number of nitrogens with zero attached hydrogens (tertiary/aromatic N) is 4. The Kier molecular flexibility index (Phi) is 8.71. The van der Waals surface area contributed by atoms with Gasteiger partial charge in [0, 0.05) is 6.42 Å². The minimum Gasteiger partial charge on any atom is -0.394 e. The van der Waals surface area contributed by atoms with Crippen molar-refractivity contribution in [3.63, 3.8) is 0 Å². The van der Waals surface area contributed by atoms with E-state index in [9.17, 15) is 13.5 Å². The largest absolute Gasteiger partial charge is 0.394 e. The van der Waals surface area contributed by atoms with E-state index in [-0.39, 0.29) is 30.5 Å². The molecule has 0 aliphatic heterocycles. The van der Waals surface area contributed by atoms with E-state index in [4.69, 9.17) is 5.26 Å². The lowest BCUT2D eigenvalue weighted by atomic mass is 9.96. The molecule has 1 aromatic carbocycles. The highest BCUT2D eigenvalue weighted by Crippen LogP contribution is 2.21. The van der Waals surface area contributed by atoms with Crippen molar-refractivity contribution in [1.29, 1.82) is 5.26 Å². The number of hydrogen-bond acceptors (Lipinski definition) is 8. The van der Waals surface area contributed by atoms with Gasteiger partial charge in [-0.25, -0.2) is 8.42 Å². The Morgan fingerprint density at radius 1 is 1.10 bits per heavy atom. The second kappa shape index (κ2) is 11.0. The number of anilines is 2. The van der Waals surface area contributed by atoms with E-state index >= 15 is 0 Å². The number of nitriles is 1. The maximum atomic E-state index is 11.7. The van der Waals surface area contributed by atoms with Gasteiger partial charge in [0.25, 0.3) is 0 Å². The molecule has 3 N–H and O–H groups in total. The Balaban J connectivity index is 2.27. The molecule has 10 heteroatoms. The van der Waals surface area contributed by atoms with Crippen LogP contribution in [0.1, 0.15) is 50.1 Å². The molecule has 0 amide bonds. The summed E-state index contributed by atoms with van der Waals surface area (Å²) in [5.74, 6) is 0.990. The van der Waals surface area contributed by atoms with Gasteiger partial charge in [0.2, 0.25) is 21.9 Å². The number of hydrogen-bond donors (Lipinski definition) is 3. The number of sulfonamides is 1. The van der Waals surface area contributed by atoms with E-state index in [1.807, 2.05) is 45.0 Å². The Bertz CT molecular complexity index is 1000. The van der Waals surface area contributed by atoms with E-state index < -0.39 is 10.0 Å². The van der Waals surface area contributed by atoms with E-state index in [2.05, 4.69) is 31.1 Å². The third-order valence-electron chi connectivity index (χ3n) is 4.59. The van der Waals surface area contributed by atoms with Crippen LogP contribution in [-0.4, -0.2) is 47.4 Å². The predicted molar refractivity (Wildman–Crippen MR) is 120 cm³/mol. The number of nitrogens with one attached hydrogen (secondary N) is 2. The summed E-state index contributed by atoms with van der Waals surface area (Å²) < 4.78 is 25.7. The molecule has 168 valence electrons. The minimum absolute atomic E-state index is 0.0572. The Labute approximate surface area is 184 Å². The fourth-order valence-electron chi connectivity index (χ4n) is 3.16. The summed E-state index contributed by atoms with van der Waals surface area (Å²) in [7, 11) is -3.56. The first kappa shape index (κ1) is 24.5. The lowest BCUT2D eigenvalue weighted by molar-refractivity contribution is 0.259. The molecule has 0 fully saturated rings. The van der Waals surface area contributed by atoms with Crippen LogP contribution in [0.5, 0.6) is 0 Å². The van der Waals surface area contributed by atoms with Crippen LogP contribution in [0.4, 0.5) is 11.9 Å². The Hall–Kier alpha value is -2.77. The monoisotopic (exact) mass is 446 g/mol. The third kappa shape index (κ3) is 8.47. The van der Waals surface area contributed by atoms with Gasteiger partial charge in [-0.3, -0.25) is 4.72 Å². The molecule has 0 saturated carbocycles. The van der Waals surface area contributed by atoms with Gasteiger partial charge < -0.3 is 10.4 Å². The zero-order valence-corrected chi connectivity index (χ0v) is 19.1. The smallest absolute Gasteiger partial charge is 0.241 e. The topological polar surface area (TPSA) is 141 Å². The summed E-state index contributed by atoms with van der Waals surface area (Å²) in [6, 6.07) is 9.65. The third-order valence-corrected chi connectivity index (χ3v) is 5.14. The Morgan fingerprint density at radius 3 is 2.29 bits per heavy atom. The fraction of sp³-hybridized carbons (Fsp3) is 0.524. The van der Waals surface area contributed by atoms with Gasteiger partial charge in [-0.05, 0) is 29.4 Å². The average Bonchev–Trinajstić information content (AvgIpc) is 2.66. The maximum absolute atomic E-state index is 11.7. The minimum atomic E-state index is -3.56. The standard InChI is InChI=1S/C21H30N6O3S/c1-14(2)11-18(13-28)23-20-24-19(25-21(26-20)27-31(4,29)30)12-15(3)17-7-5-16(6-8-17)9-10-22/h5-8,14-15,18,28H,9,11-13H2,1-4H3,(H2,23,24,25,26,27). The first-order valence-electron chi connectivity index (χ1n) is 10.2. The summed E-state index contributed by atoms with van der Waals surface area (Å²) >= 11 is 0. The second-order valence-corrected chi connectivity index (χ2v) is 9.86. The average molecular weight is 447 g/mol. The summed E-state index contributed by atoms with van der Waals surface area (Å²) in [5.41, 5.74) is 2.01. The lowest BCUT2D eigenvalue weighted by Crippen LogP contribution is -2.27. The van der Waals surface area contributed by atoms with Crippen molar-refractivity contribution < 1.29 is 13.5 Å². The van der Waals surface area contributed by atoms with Gasteiger partial charge in [-0.1, -0.05) is 45.0 Å². The summed E-state index contributed by atoms with van der Waals surface area (Å²) in [6.45, 7) is 6.02. The van der Waals surface area contributed by atoms with Crippen LogP contribution < -0.4 is 10.0 Å². The maximum Gasteiger partial charge on any atom is 0.241 e. The van der Waals surface area contributed by atoms with E-state index in [1.165, 1.54) is 0 Å². The molecule has 1 aromatic heterocycles. The molecule has 2 rings (SSSR count).